The fraction of sp³-hybridized carbons (Fsp3) is 0.286. The first-order valence-corrected chi connectivity index (χ1v) is 9.98. The number of benzene rings is 2. The molecule has 0 saturated carbocycles. The van der Waals surface area contributed by atoms with Crippen molar-refractivity contribution in [3.63, 3.8) is 0 Å². The molecule has 2 heterocycles. The van der Waals surface area contributed by atoms with Crippen LogP contribution >= 0.6 is 15.9 Å². The molecule has 4 rings (SSSR count). The van der Waals surface area contributed by atoms with Crippen molar-refractivity contribution in [3.8, 4) is 22.9 Å². The minimum absolute atomic E-state index is 0.0868. The third kappa shape index (κ3) is 3.98. The Bertz CT molecular complexity index is 1020. The van der Waals surface area contributed by atoms with Crippen molar-refractivity contribution in [2.24, 2.45) is 0 Å². The Labute approximate surface area is 176 Å². The number of halogens is 1. The maximum atomic E-state index is 12.5. The highest BCUT2D eigenvalue weighted by Crippen LogP contribution is 2.35. The average molecular weight is 458 g/mol. The normalized spacial score (nSPS) is 16.3. The lowest BCUT2D eigenvalue weighted by Gasteiger charge is -2.22. The quantitative estimate of drug-likeness (QED) is 0.546. The summed E-state index contributed by atoms with van der Waals surface area (Å²) in [5.74, 6) is 2.19. The molecule has 7 nitrogen and oxygen atoms in total. The number of carbonyl (C=O) groups excluding carboxylic acids is 1. The van der Waals surface area contributed by atoms with Crippen LogP contribution in [0.4, 0.5) is 0 Å². The Morgan fingerprint density at radius 2 is 1.90 bits per heavy atom. The summed E-state index contributed by atoms with van der Waals surface area (Å²) in [6.07, 6.45) is 1.12. The highest BCUT2D eigenvalue weighted by atomic mass is 79.9. The van der Waals surface area contributed by atoms with Gasteiger partial charge in [0.2, 0.25) is 17.6 Å². The number of hydrogen-bond acceptors (Lipinski definition) is 6. The summed E-state index contributed by atoms with van der Waals surface area (Å²) in [6.45, 7) is 0.505. The van der Waals surface area contributed by atoms with Crippen LogP contribution in [0.1, 0.15) is 30.3 Å². The van der Waals surface area contributed by atoms with E-state index in [1.807, 2.05) is 30.3 Å². The second-order valence-corrected chi connectivity index (χ2v) is 7.64. The first kappa shape index (κ1) is 19.4. The number of carbonyl (C=O) groups is 1. The number of rotatable bonds is 6. The maximum Gasteiger partial charge on any atom is 0.249 e. The Kier molecular flexibility index (Phi) is 5.53. The molecule has 0 aliphatic carbocycles. The summed E-state index contributed by atoms with van der Waals surface area (Å²) in [4.78, 5) is 18.8. The summed E-state index contributed by atoms with van der Waals surface area (Å²) < 4.78 is 17.1. The molecule has 1 unspecified atom stereocenters. The first-order chi connectivity index (χ1) is 14.1. The van der Waals surface area contributed by atoms with Gasteiger partial charge in [-0.2, -0.15) is 4.98 Å². The van der Waals surface area contributed by atoms with E-state index < -0.39 is 0 Å². The molecule has 0 bridgehead atoms. The minimum Gasteiger partial charge on any atom is -0.493 e. The van der Waals surface area contributed by atoms with Gasteiger partial charge in [0.1, 0.15) is 6.04 Å². The third-order valence-corrected chi connectivity index (χ3v) is 5.49. The van der Waals surface area contributed by atoms with Crippen molar-refractivity contribution >= 4 is 21.8 Å². The van der Waals surface area contributed by atoms with Crippen LogP contribution in [-0.4, -0.2) is 35.2 Å². The number of amides is 1. The van der Waals surface area contributed by atoms with Crippen LogP contribution < -0.4 is 9.47 Å². The van der Waals surface area contributed by atoms with Crippen LogP contribution in [0.2, 0.25) is 0 Å². The molecule has 1 atom stereocenters. The van der Waals surface area contributed by atoms with Gasteiger partial charge in [-0.1, -0.05) is 33.2 Å². The smallest absolute Gasteiger partial charge is 0.249 e. The third-order valence-electron chi connectivity index (χ3n) is 4.96. The molecule has 1 saturated heterocycles. The molecule has 2 aromatic carbocycles. The largest absolute Gasteiger partial charge is 0.493 e. The maximum absolute atomic E-state index is 12.5. The lowest BCUT2D eigenvalue weighted by atomic mass is 10.1. The van der Waals surface area contributed by atoms with E-state index >= 15 is 0 Å². The molecule has 1 amide bonds. The standard InChI is InChI=1S/C21H20BrN3O4/c1-27-17-9-5-14(11-18(17)28-2)20-23-21(29-24-20)16-8-10-19(26)25(16)12-13-3-6-15(22)7-4-13/h3-7,9,11,16H,8,10,12H2,1-2H3. The number of nitrogens with zero attached hydrogens (tertiary/aromatic N) is 3. The molecular weight excluding hydrogens is 438 g/mol. The van der Waals surface area contributed by atoms with Crippen molar-refractivity contribution in [3.05, 3.63) is 58.4 Å². The highest BCUT2D eigenvalue weighted by molar-refractivity contribution is 9.10. The van der Waals surface area contributed by atoms with Gasteiger partial charge < -0.3 is 18.9 Å². The van der Waals surface area contributed by atoms with Crippen molar-refractivity contribution in [1.82, 2.24) is 15.0 Å². The number of likely N-dealkylation sites (tertiary alicyclic amines) is 1. The molecule has 0 N–H and O–H groups in total. The van der Waals surface area contributed by atoms with Crippen LogP contribution in [0.25, 0.3) is 11.4 Å². The van der Waals surface area contributed by atoms with Gasteiger partial charge in [0.05, 0.1) is 14.2 Å². The number of ether oxygens (including phenoxy) is 2. The lowest BCUT2D eigenvalue weighted by Crippen LogP contribution is -2.27. The molecule has 29 heavy (non-hydrogen) atoms. The zero-order chi connectivity index (χ0) is 20.4. The van der Waals surface area contributed by atoms with Crippen molar-refractivity contribution in [1.29, 1.82) is 0 Å². The Hall–Kier alpha value is -2.87. The monoisotopic (exact) mass is 457 g/mol. The molecule has 0 radical (unpaired) electrons. The summed E-state index contributed by atoms with van der Waals surface area (Å²) in [6, 6.07) is 13.1. The molecule has 150 valence electrons. The Balaban J connectivity index is 1.58. The molecule has 1 aliphatic heterocycles. The highest BCUT2D eigenvalue weighted by Gasteiger charge is 2.36. The number of hydrogen-bond donors (Lipinski definition) is 0. The number of aromatic nitrogens is 2. The van der Waals surface area contributed by atoms with Crippen molar-refractivity contribution in [2.75, 3.05) is 14.2 Å². The fourth-order valence-electron chi connectivity index (χ4n) is 3.44. The van der Waals surface area contributed by atoms with Gasteiger partial charge in [-0.25, -0.2) is 0 Å². The van der Waals surface area contributed by atoms with Gasteiger partial charge in [0.25, 0.3) is 0 Å². The van der Waals surface area contributed by atoms with E-state index in [-0.39, 0.29) is 11.9 Å². The topological polar surface area (TPSA) is 77.7 Å². The molecule has 1 aliphatic rings. The van der Waals surface area contributed by atoms with E-state index in [0.717, 1.165) is 15.6 Å². The second-order valence-electron chi connectivity index (χ2n) is 6.73. The van der Waals surface area contributed by atoms with Crippen LogP contribution in [0, 0.1) is 0 Å². The molecular formula is C21H20BrN3O4. The zero-order valence-electron chi connectivity index (χ0n) is 16.1. The van der Waals surface area contributed by atoms with Crippen LogP contribution in [0.5, 0.6) is 11.5 Å². The summed E-state index contributed by atoms with van der Waals surface area (Å²) in [5.41, 5.74) is 1.80. The molecule has 1 fully saturated rings. The first-order valence-electron chi connectivity index (χ1n) is 9.19. The predicted octanol–water partition coefficient (Wildman–Crippen LogP) is 4.38. The van der Waals surface area contributed by atoms with E-state index in [4.69, 9.17) is 14.0 Å². The Morgan fingerprint density at radius 1 is 1.14 bits per heavy atom. The van der Waals surface area contributed by atoms with E-state index in [1.54, 1.807) is 31.3 Å². The van der Waals surface area contributed by atoms with Gasteiger partial charge in [-0.05, 0) is 42.3 Å². The van der Waals surface area contributed by atoms with Crippen LogP contribution in [-0.2, 0) is 11.3 Å². The zero-order valence-corrected chi connectivity index (χ0v) is 17.7. The van der Waals surface area contributed by atoms with Gasteiger partial charge >= 0.3 is 0 Å². The Morgan fingerprint density at radius 3 is 2.62 bits per heavy atom. The van der Waals surface area contributed by atoms with Crippen molar-refractivity contribution in [2.45, 2.75) is 25.4 Å². The van der Waals surface area contributed by atoms with Crippen LogP contribution in [0.3, 0.4) is 0 Å². The van der Waals surface area contributed by atoms with Crippen LogP contribution in [0.15, 0.2) is 51.5 Å². The summed E-state index contributed by atoms with van der Waals surface area (Å²) in [7, 11) is 3.16. The number of methoxy groups -OCH3 is 2. The second kappa shape index (κ2) is 8.24. The minimum atomic E-state index is -0.229. The summed E-state index contributed by atoms with van der Waals surface area (Å²) >= 11 is 3.43. The van der Waals surface area contributed by atoms with Gasteiger partial charge in [-0.3, -0.25) is 4.79 Å². The van der Waals surface area contributed by atoms with Gasteiger partial charge in [0, 0.05) is 23.0 Å². The average Bonchev–Trinajstić information content (AvgIpc) is 3.36. The van der Waals surface area contributed by atoms with Crippen molar-refractivity contribution < 1.29 is 18.8 Å². The fourth-order valence-corrected chi connectivity index (χ4v) is 3.70. The molecule has 3 aromatic rings. The predicted molar refractivity (Wildman–Crippen MR) is 110 cm³/mol. The van der Waals surface area contributed by atoms with E-state index in [9.17, 15) is 4.79 Å². The SMILES string of the molecule is COc1ccc(-c2noc(C3CCC(=O)N3Cc3ccc(Br)cc3)n2)cc1OC. The lowest BCUT2D eigenvalue weighted by molar-refractivity contribution is -0.129. The van der Waals surface area contributed by atoms with Gasteiger partial charge in [0.15, 0.2) is 11.5 Å². The van der Waals surface area contributed by atoms with E-state index in [2.05, 4.69) is 26.1 Å². The summed E-state index contributed by atoms with van der Waals surface area (Å²) in [5, 5.41) is 4.11. The van der Waals surface area contributed by atoms with Gasteiger partial charge in [-0.15, -0.1) is 0 Å². The molecule has 0 spiro atoms. The molecule has 8 heteroatoms. The molecule has 1 aromatic heterocycles. The van der Waals surface area contributed by atoms with E-state index in [1.165, 1.54) is 0 Å². The van der Waals surface area contributed by atoms with E-state index in [0.29, 0.717) is 42.6 Å².